The molecule has 1 amide bonds. The fourth-order valence-corrected chi connectivity index (χ4v) is 2.06. The highest BCUT2D eigenvalue weighted by Gasteiger charge is 2.25. The first-order valence-electron chi connectivity index (χ1n) is 6.10. The number of ether oxygens (including phenoxy) is 2. The Morgan fingerprint density at radius 1 is 1.23 bits per heavy atom. The van der Waals surface area contributed by atoms with Gasteiger partial charge in [0.25, 0.3) is 0 Å². The second-order valence-corrected chi connectivity index (χ2v) is 6.89. The number of carboxylic acids is 1. The van der Waals surface area contributed by atoms with E-state index in [-0.39, 0.29) is 22.7 Å². The van der Waals surface area contributed by atoms with Crippen molar-refractivity contribution in [2.75, 3.05) is 25.8 Å². The van der Waals surface area contributed by atoms with Gasteiger partial charge in [0.2, 0.25) is 5.91 Å². The molecule has 1 rings (SSSR count). The number of anilines is 1. The number of nitrogens with one attached hydrogen (secondary N) is 1. The molecule has 0 aliphatic carbocycles. The van der Waals surface area contributed by atoms with Crippen molar-refractivity contribution in [2.24, 2.45) is 0 Å². The number of sulfone groups is 1. The minimum atomic E-state index is -3.58. The van der Waals surface area contributed by atoms with Gasteiger partial charge in [-0.25, -0.2) is 13.2 Å². The van der Waals surface area contributed by atoms with Crippen molar-refractivity contribution >= 4 is 27.4 Å². The minimum Gasteiger partial charge on any atom is -0.493 e. The first-order valence-corrected chi connectivity index (χ1v) is 8.06. The van der Waals surface area contributed by atoms with Crippen LogP contribution in [0, 0.1) is 0 Å². The number of benzene rings is 1. The lowest BCUT2D eigenvalue weighted by Crippen LogP contribution is -2.32. The summed E-state index contributed by atoms with van der Waals surface area (Å²) in [6.07, 6.45) is 0.933. The molecule has 0 radical (unpaired) electrons. The van der Waals surface area contributed by atoms with E-state index in [0.717, 1.165) is 12.3 Å². The van der Waals surface area contributed by atoms with Crippen LogP contribution >= 0.6 is 0 Å². The molecule has 8 nitrogen and oxygen atoms in total. The third kappa shape index (κ3) is 3.88. The van der Waals surface area contributed by atoms with E-state index in [1.54, 1.807) is 0 Å². The predicted molar refractivity (Wildman–Crippen MR) is 79.4 cm³/mol. The molecule has 0 fully saturated rings. The minimum absolute atomic E-state index is 0.0137. The first-order chi connectivity index (χ1) is 10.1. The molecule has 2 N–H and O–H groups in total. The molecule has 0 saturated heterocycles. The van der Waals surface area contributed by atoms with Gasteiger partial charge in [-0.05, 0) is 19.1 Å². The van der Waals surface area contributed by atoms with Gasteiger partial charge in [0, 0.05) is 6.26 Å². The Balaban J connectivity index is 3.30. The lowest BCUT2D eigenvalue weighted by atomic mass is 10.1. The summed E-state index contributed by atoms with van der Waals surface area (Å²) in [7, 11) is -0.957. The Bertz CT molecular complexity index is 697. The highest BCUT2D eigenvalue weighted by Crippen LogP contribution is 2.36. The van der Waals surface area contributed by atoms with Crippen molar-refractivity contribution in [3.05, 3.63) is 17.7 Å². The molecule has 1 unspecified atom stereocenters. The molecule has 0 aliphatic heterocycles. The number of hydrogen-bond donors (Lipinski definition) is 2. The lowest BCUT2D eigenvalue weighted by molar-refractivity contribution is -0.115. The van der Waals surface area contributed by atoms with E-state index in [9.17, 15) is 18.0 Å². The summed E-state index contributed by atoms with van der Waals surface area (Å²) in [5.74, 6) is -1.83. The van der Waals surface area contributed by atoms with Gasteiger partial charge in [-0.1, -0.05) is 0 Å². The number of aromatic carboxylic acids is 1. The predicted octanol–water partition coefficient (Wildman–Crippen LogP) is 0.774. The van der Waals surface area contributed by atoms with Gasteiger partial charge in [0.15, 0.2) is 21.3 Å². The third-order valence-electron chi connectivity index (χ3n) is 3.00. The van der Waals surface area contributed by atoms with Crippen LogP contribution in [-0.2, 0) is 14.6 Å². The maximum Gasteiger partial charge on any atom is 0.335 e. The van der Waals surface area contributed by atoms with Crippen LogP contribution in [0.2, 0.25) is 0 Å². The van der Waals surface area contributed by atoms with E-state index in [4.69, 9.17) is 14.6 Å². The Morgan fingerprint density at radius 3 is 2.23 bits per heavy atom. The second kappa shape index (κ2) is 6.65. The van der Waals surface area contributed by atoms with Crippen molar-refractivity contribution in [1.29, 1.82) is 0 Å². The van der Waals surface area contributed by atoms with E-state index >= 15 is 0 Å². The van der Waals surface area contributed by atoms with Crippen LogP contribution in [0.5, 0.6) is 11.5 Å². The van der Waals surface area contributed by atoms with Crippen LogP contribution in [0.15, 0.2) is 12.1 Å². The molecule has 122 valence electrons. The van der Waals surface area contributed by atoms with Crippen LogP contribution in [0.1, 0.15) is 17.3 Å². The van der Waals surface area contributed by atoms with E-state index in [2.05, 4.69) is 5.32 Å². The summed E-state index contributed by atoms with van der Waals surface area (Å²) in [6, 6.07) is 2.40. The van der Waals surface area contributed by atoms with E-state index in [1.807, 2.05) is 0 Å². The van der Waals surface area contributed by atoms with Gasteiger partial charge in [-0.3, -0.25) is 4.79 Å². The molecular formula is C13H17NO7S. The van der Waals surface area contributed by atoms with Crippen LogP contribution in [0.25, 0.3) is 0 Å². The zero-order valence-corrected chi connectivity index (χ0v) is 13.4. The monoisotopic (exact) mass is 331 g/mol. The van der Waals surface area contributed by atoms with E-state index in [0.29, 0.717) is 0 Å². The fourth-order valence-electron chi connectivity index (χ4n) is 1.61. The number of rotatable bonds is 6. The number of hydrogen-bond acceptors (Lipinski definition) is 6. The summed E-state index contributed by atoms with van der Waals surface area (Å²) in [4.78, 5) is 23.1. The lowest BCUT2D eigenvalue weighted by Gasteiger charge is -2.16. The summed E-state index contributed by atoms with van der Waals surface area (Å²) in [5.41, 5.74) is -0.125. The molecule has 1 aromatic rings. The second-order valence-electron chi connectivity index (χ2n) is 4.53. The number of carbonyl (C=O) groups excluding carboxylic acids is 1. The number of amides is 1. The molecule has 0 bridgehead atoms. The molecule has 0 spiro atoms. The molecule has 0 saturated carbocycles. The Morgan fingerprint density at radius 2 is 1.82 bits per heavy atom. The van der Waals surface area contributed by atoms with Crippen molar-refractivity contribution in [2.45, 2.75) is 12.2 Å². The van der Waals surface area contributed by atoms with Gasteiger partial charge < -0.3 is 19.9 Å². The summed E-state index contributed by atoms with van der Waals surface area (Å²) in [6.45, 7) is 1.23. The third-order valence-corrected chi connectivity index (χ3v) is 4.49. The molecule has 22 heavy (non-hydrogen) atoms. The maximum atomic E-state index is 12.0. The molecule has 0 heterocycles. The number of methoxy groups -OCH3 is 2. The molecule has 1 atom stereocenters. The smallest absolute Gasteiger partial charge is 0.335 e. The summed E-state index contributed by atoms with van der Waals surface area (Å²) < 4.78 is 32.9. The average molecular weight is 331 g/mol. The highest BCUT2D eigenvalue weighted by atomic mass is 32.2. The molecular weight excluding hydrogens is 314 g/mol. The molecule has 9 heteroatoms. The van der Waals surface area contributed by atoms with Crippen LogP contribution in [-0.4, -0.2) is 51.1 Å². The van der Waals surface area contributed by atoms with Gasteiger partial charge >= 0.3 is 5.97 Å². The van der Waals surface area contributed by atoms with Gasteiger partial charge in [-0.2, -0.15) is 0 Å². The maximum absolute atomic E-state index is 12.0. The van der Waals surface area contributed by atoms with Crippen molar-refractivity contribution in [3.8, 4) is 11.5 Å². The Labute approximate surface area is 128 Å². The van der Waals surface area contributed by atoms with Crippen molar-refractivity contribution in [1.82, 2.24) is 0 Å². The molecule has 0 aromatic heterocycles. The average Bonchev–Trinajstić information content (AvgIpc) is 2.44. The van der Waals surface area contributed by atoms with Crippen LogP contribution in [0.4, 0.5) is 5.69 Å². The van der Waals surface area contributed by atoms with Gasteiger partial charge in [-0.15, -0.1) is 0 Å². The Hall–Kier alpha value is -2.29. The highest BCUT2D eigenvalue weighted by molar-refractivity contribution is 7.92. The quantitative estimate of drug-likeness (QED) is 0.790. The first kappa shape index (κ1) is 17.8. The van der Waals surface area contributed by atoms with Crippen LogP contribution < -0.4 is 14.8 Å². The fraction of sp³-hybridized carbons (Fsp3) is 0.385. The molecule has 0 aliphatic rings. The SMILES string of the molecule is COc1cc(C(=O)O)cc(NC(=O)C(C)S(C)(=O)=O)c1OC. The van der Waals surface area contributed by atoms with E-state index in [1.165, 1.54) is 27.2 Å². The van der Waals surface area contributed by atoms with Crippen LogP contribution in [0.3, 0.4) is 0 Å². The summed E-state index contributed by atoms with van der Waals surface area (Å²) in [5, 5.41) is 10.1. The summed E-state index contributed by atoms with van der Waals surface area (Å²) >= 11 is 0. The van der Waals surface area contributed by atoms with Gasteiger partial charge in [0.1, 0.15) is 5.25 Å². The molecule has 1 aromatic carbocycles. The normalized spacial score (nSPS) is 12.4. The van der Waals surface area contributed by atoms with Gasteiger partial charge in [0.05, 0.1) is 25.5 Å². The van der Waals surface area contributed by atoms with E-state index < -0.39 is 27.0 Å². The van der Waals surface area contributed by atoms with Crippen molar-refractivity contribution in [3.63, 3.8) is 0 Å². The zero-order valence-electron chi connectivity index (χ0n) is 12.5. The van der Waals surface area contributed by atoms with Crippen molar-refractivity contribution < 1.29 is 32.6 Å². The standard InChI is InChI=1S/C13H17NO7S/c1-7(22(4,18)19)12(15)14-9-5-8(13(16)17)6-10(20-2)11(9)21-3/h5-7H,1-4H3,(H,14,15)(H,16,17). The number of carboxylic acid groups (broad SMARTS) is 1. The zero-order chi connectivity index (χ0) is 17.1. The Kier molecular flexibility index (Phi) is 5.37. The number of carbonyl (C=O) groups is 2. The largest absolute Gasteiger partial charge is 0.493 e. The topological polar surface area (TPSA) is 119 Å².